The molecular weight excluding hydrogens is 278 g/mol. The highest BCUT2D eigenvalue weighted by Crippen LogP contribution is 2.19. The molecule has 3 rings (SSSR count). The average molecular weight is 295 g/mol. The zero-order valence-corrected chi connectivity index (χ0v) is 12.0. The monoisotopic (exact) mass is 295 g/mol. The molecule has 1 aromatic rings. The molecule has 0 bridgehead atoms. The van der Waals surface area contributed by atoms with E-state index >= 15 is 0 Å². The molecule has 3 heterocycles. The first-order valence-electron chi connectivity index (χ1n) is 6.93. The fourth-order valence-corrected chi connectivity index (χ4v) is 3.08. The van der Waals surface area contributed by atoms with Gasteiger partial charge in [-0.3, -0.25) is 10.1 Å². The predicted octanol–water partition coefficient (Wildman–Crippen LogP) is 1.40. The van der Waals surface area contributed by atoms with Gasteiger partial charge in [0.2, 0.25) is 0 Å². The molecular formula is C12H17N5O2S. The first kappa shape index (κ1) is 13.3. The molecule has 8 heteroatoms. The number of urea groups is 1. The smallest absolute Gasteiger partial charge is 0.323 e. The molecule has 2 saturated heterocycles. The second kappa shape index (κ2) is 5.74. The van der Waals surface area contributed by atoms with Crippen molar-refractivity contribution in [3.63, 3.8) is 0 Å². The van der Waals surface area contributed by atoms with Gasteiger partial charge in [0, 0.05) is 26.2 Å². The summed E-state index contributed by atoms with van der Waals surface area (Å²) < 4.78 is 8.09. The highest BCUT2D eigenvalue weighted by molar-refractivity contribution is 6.99. The number of hydrogen-bond donors (Lipinski definition) is 1. The fraction of sp³-hybridized carbons (Fsp3) is 0.667. The first-order chi connectivity index (χ1) is 9.75. The van der Waals surface area contributed by atoms with Crippen molar-refractivity contribution in [2.45, 2.75) is 25.7 Å². The number of nitrogens with one attached hydrogen (secondary N) is 1. The summed E-state index contributed by atoms with van der Waals surface area (Å²) in [4.78, 5) is 27.8. The van der Waals surface area contributed by atoms with Crippen LogP contribution in [0, 0.1) is 0 Å². The maximum absolute atomic E-state index is 12.3. The van der Waals surface area contributed by atoms with Crippen molar-refractivity contribution >= 4 is 29.5 Å². The summed E-state index contributed by atoms with van der Waals surface area (Å²) in [5, 5.41) is 2.71. The second-order valence-corrected chi connectivity index (χ2v) is 5.61. The number of rotatable bonds is 2. The molecule has 0 unspecified atom stereocenters. The van der Waals surface area contributed by atoms with Gasteiger partial charge in [0.05, 0.1) is 11.7 Å². The number of amides is 3. The minimum absolute atomic E-state index is 0.132. The van der Waals surface area contributed by atoms with Gasteiger partial charge in [0.1, 0.15) is 0 Å². The van der Waals surface area contributed by atoms with Crippen molar-refractivity contribution < 1.29 is 9.59 Å². The molecule has 0 aliphatic carbocycles. The predicted molar refractivity (Wildman–Crippen MR) is 74.9 cm³/mol. The Balaban J connectivity index is 1.69. The van der Waals surface area contributed by atoms with E-state index in [1.165, 1.54) is 0 Å². The molecule has 3 amide bonds. The topological polar surface area (TPSA) is 78.4 Å². The molecule has 2 aliphatic heterocycles. The van der Waals surface area contributed by atoms with E-state index in [0.29, 0.717) is 5.82 Å². The number of carbonyl (C=O) groups excluding carboxylic acids is 2. The number of nitrogens with zero attached hydrogens (tertiary/aromatic N) is 4. The van der Waals surface area contributed by atoms with Gasteiger partial charge in [0.25, 0.3) is 5.91 Å². The Hall–Kier alpha value is -1.70. The van der Waals surface area contributed by atoms with E-state index in [1.54, 1.807) is 9.80 Å². The SMILES string of the molecule is O=C(Nc1nsnc1C(=O)N1CCCC1)N1CCCC1. The van der Waals surface area contributed by atoms with E-state index in [2.05, 4.69) is 14.1 Å². The maximum Gasteiger partial charge on any atom is 0.323 e. The number of anilines is 1. The Morgan fingerprint density at radius 2 is 1.55 bits per heavy atom. The molecule has 0 saturated carbocycles. The van der Waals surface area contributed by atoms with Gasteiger partial charge >= 0.3 is 6.03 Å². The van der Waals surface area contributed by atoms with Crippen LogP contribution < -0.4 is 5.32 Å². The van der Waals surface area contributed by atoms with Crippen LogP contribution in [0.1, 0.15) is 36.2 Å². The fourth-order valence-electron chi connectivity index (χ4n) is 2.58. The van der Waals surface area contributed by atoms with Gasteiger partial charge in [-0.15, -0.1) is 0 Å². The van der Waals surface area contributed by atoms with Crippen LogP contribution in [0.25, 0.3) is 0 Å². The van der Waals surface area contributed by atoms with E-state index in [9.17, 15) is 9.59 Å². The van der Waals surface area contributed by atoms with Gasteiger partial charge in [0.15, 0.2) is 11.5 Å². The van der Waals surface area contributed by atoms with Crippen molar-refractivity contribution in [3.8, 4) is 0 Å². The highest BCUT2D eigenvalue weighted by Gasteiger charge is 2.27. The summed E-state index contributed by atoms with van der Waals surface area (Å²) in [7, 11) is 0. The molecule has 1 aromatic heterocycles. The Morgan fingerprint density at radius 3 is 2.20 bits per heavy atom. The first-order valence-corrected chi connectivity index (χ1v) is 7.66. The summed E-state index contributed by atoms with van der Waals surface area (Å²) in [5.41, 5.74) is 0.268. The summed E-state index contributed by atoms with van der Waals surface area (Å²) in [6, 6.07) is -0.189. The average Bonchev–Trinajstić information content (AvgIpc) is 3.20. The van der Waals surface area contributed by atoms with Crippen LogP contribution >= 0.6 is 11.7 Å². The van der Waals surface area contributed by atoms with E-state index < -0.39 is 0 Å². The molecule has 108 valence electrons. The highest BCUT2D eigenvalue weighted by atomic mass is 32.1. The number of aromatic nitrogens is 2. The normalized spacial score (nSPS) is 18.6. The Kier molecular flexibility index (Phi) is 3.81. The molecule has 1 N–H and O–H groups in total. The zero-order chi connectivity index (χ0) is 13.9. The standard InChI is InChI=1S/C12H17N5O2S/c18-11(16-5-1-2-6-16)9-10(15-20-14-9)13-12(19)17-7-3-4-8-17/h1-8H2,(H,13,15,19). The minimum Gasteiger partial charge on any atom is -0.337 e. The number of likely N-dealkylation sites (tertiary alicyclic amines) is 2. The van der Waals surface area contributed by atoms with E-state index in [1.807, 2.05) is 0 Å². The van der Waals surface area contributed by atoms with Crippen molar-refractivity contribution in [3.05, 3.63) is 5.69 Å². The molecule has 7 nitrogen and oxygen atoms in total. The van der Waals surface area contributed by atoms with E-state index in [4.69, 9.17) is 0 Å². The molecule has 0 aromatic carbocycles. The lowest BCUT2D eigenvalue weighted by atomic mass is 10.3. The van der Waals surface area contributed by atoms with Gasteiger partial charge < -0.3 is 9.80 Å². The van der Waals surface area contributed by atoms with E-state index in [-0.39, 0.29) is 17.6 Å². The van der Waals surface area contributed by atoms with Crippen LogP contribution in [0.5, 0.6) is 0 Å². The Morgan fingerprint density at radius 1 is 0.950 bits per heavy atom. The molecule has 0 radical (unpaired) electrons. The van der Waals surface area contributed by atoms with Gasteiger partial charge in [-0.2, -0.15) is 8.75 Å². The number of carbonyl (C=O) groups is 2. The molecule has 2 aliphatic rings. The van der Waals surface area contributed by atoms with Crippen LogP contribution in [-0.2, 0) is 0 Å². The summed E-state index contributed by atoms with van der Waals surface area (Å²) in [6.45, 7) is 3.04. The Bertz CT molecular complexity index is 506. The molecule has 2 fully saturated rings. The van der Waals surface area contributed by atoms with Crippen molar-refractivity contribution in [2.24, 2.45) is 0 Å². The van der Waals surface area contributed by atoms with Crippen molar-refractivity contribution in [1.29, 1.82) is 0 Å². The third-order valence-corrected chi connectivity index (χ3v) is 4.23. The third kappa shape index (κ3) is 2.60. The molecule has 0 spiro atoms. The Labute approximate surface area is 121 Å². The lowest BCUT2D eigenvalue weighted by Gasteiger charge is -2.17. The minimum atomic E-state index is -0.189. The van der Waals surface area contributed by atoms with Crippen LogP contribution in [0.15, 0.2) is 0 Å². The summed E-state index contributed by atoms with van der Waals surface area (Å²) in [6.07, 6.45) is 4.11. The second-order valence-electron chi connectivity index (χ2n) is 5.09. The quantitative estimate of drug-likeness (QED) is 0.894. The number of hydrogen-bond acceptors (Lipinski definition) is 5. The van der Waals surface area contributed by atoms with Crippen LogP contribution in [0.2, 0.25) is 0 Å². The van der Waals surface area contributed by atoms with Crippen molar-refractivity contribution in [1.82, 2.24) is 18.5 Å². The third-order valence-electron chi connectivity index (χ3n) is 3.70. The summed E-state index contributed by atoms with van der Waals surface area (Å²) in [5.74, 6) is 0.164. The van der Waals surface area contributed by atoms with Crippen LogP contribution in [0.3, 0.4) is 0 Å². The van der Waals surface area contributed by atoms with Crippen LogP contribution in [0.4, 0.5) is 10.6 Å². The van der Waals surface area contributed by atoms with Gasteiger partial charge in [-0.25, -0.2) is 4.79 Å². The van der Waals surface area contributed by atoms with Crippen molar-refractivity contribution in [2.75, 3.05) is 31.5 Å². The molecule has 0 atom stereocenters. The van der Waals surface area contributed by atoms with Crippen LogP contribution in [-0.4, -0.2) is 56.7 Å². The van der Waals surface area contributed by atoms with Gasteiger partial charge in [-0.05, 0) is 25.7 Å². The summed E-state index contributed by atoms with van der Waals surface area (Å²) >= 11 is 0.957. The maximum atomic E-state index is 12.3. The largest absolute Gasteiger partial charge is 0.337 e. The van der Waals surface area contributed by atoms with Gasteiger partial charge in [-0.1, -0.05) is 0 Å². The molecule has 20 heavy (non-hydrogen) atoms. The zero-order valence-electron chi connectivity index (χ0n) is 11.2. The van der Waals surface area contributed by atoms with E-state index in [0.717, 1.165) is 63.6 Å². The lowest BCUT2D eigenvalue weighted by Crippen LogP contribution is -2.34. The lowest BCUT2D eigenvalue weighted by molar-refractivity contribution is 0.0789.